The van der Waals surface area contributed by atoms with Crippen LogP contribution < -0.4 is 0 Å². The van der Waals surface area contributed by atoms with Gasteiger partial charge in [-0.1, -0.05) is 95.2 Å². The first-order valence-electron chi connectivity index (χ1n) is 19.6. The average molecular weight is 1020 g/mol. The van der Waals surface area contributed by atoms with E-state index >= 15 is 0 Å². The smallest absolute Gasteiger partial charge is 0.256 e. The van der Waals surface area contributed by atoms with E-state index in [1.165, 1.54) is 23.0 Å². The van der Waals surface area contributed by atoms with Gasteiger partial charge in [0.15, 0.2) is 0 Å². The van der Waals surface area contributed by atoms with Crippen LogP contribution in [0.3, 0.4) is 0 Å². The summed E-state index contributed by atoms with van der Waals surface area (Å²) in [6.07, 6.45) is 8.73. The molecule has 11 heteroatoms. The number of hydrogen-bond acceptors (Lipinski definition) is 4. The van der Waals surface area contributed by atoms with E-state index in [0.717, 1.165) is 46.8 Å². The topological polar surface area (TPSA) is 51.6 Å². The molecule has 3 radical (unpaired) electrons. The fourth-order valence-corrected chi connectivity index (χ4v) is 5.62. The summed E-state index contributed by atoms with van der Waals surface area (Å²) >= 11 is 0. The van der Waals surface area contributed by atoms with E-state index in [1.54, 1.807) is 0 Å². The van der Waals surface area contributed by atoms with E-state index in [1.807, 2.05) is 12.4 Å². The average Bonchev–Trinajstić information content (AvgIpc) is 3.17. The molecule has 0 aromatic carbocycles. The zero-order chi connectivity index (χ0) is 44.9. The maximum atomic E-state index is 12.3. The predicted molar refractivity (Wildman–Crippen MR) is 230 cm³/mol. The van der Waals surface area contributed by atoms with Gasteiger partial charge in [0, 0.05) is 67.9 Å². The summed E-state index contributed by atoms with van der Waals surface area (Å²) in [4.78, 5) is 16.1. The number of hydrogen-bond donors (Lipinski definition) is 0. The van der Waals surface area contributed by atoms with Gasteiger partial charge >= 0.3 is 12.4 Å². The molecule has 0 atom stereocenters. The summed E-state index contributed by atoms with van der Waals surface area (Å²) in [6, 6.07) is 12.2. The number of allylic oxidation sites excluding steroid dienone is 6. The molecule has 0 fully saturated rings. The molecule has 61 heavy (non-hydrogen) atoms. The predicted octanol–water partition coefficient (Wildman–Crippen LogP) is 14.4. The molecule has 2 aliphatic carbocycles. The number of alkyl halides is 6. The van der Waals surface area contributed by atoms with Crippen LogP contribution in [0.25, 0.3) is 22.5 Å². The summed E-state index contributed by atoms with van der Waals surface area (Å²) < 4.78 is 74.0. The second kappa shape index (κ2) is 19.6. The Morgan fingerprint density at radius 3 is 0.967 bits per heavy atom. The van der Waals surface area contributed by atoms with E-state index < -0.39 is 23.5 Å². The largest absolute Gasteiger partial charge is 0.417 e. The van der Waals surface area contributed by atoms with Crippen molar-refractivity contribution in [2.45, 2.75) is 106 Å². The number of nitrogens with zero attached hydrogens (tertiary/aromatic N) is 4. The Kier molecular flexibility index (Phi) is 16.3. The molecule has 0 saturated heterocycles. The van der Waals surface area contributed by atoms with Gasteiger partial charge in [-0.3, -0.25) is 19.9 Å². The van der Waals surface area contributed by atoms with E-state index in [9.17, 15) is 26.3 Å². The number of pyridine rings is 4. The number of rotatable bonds is 3. The van der Waals surface area contributed by atoms with Gasteiger partial charge in [0.2, 0.25) is 0 Å². The number of halogens is 6. The molecule has 6 rings (SSSR count). The third kappa shape index (κ3) is 14.7. The third-order valence-electron chi connectivity index (χ3n) is 9.61. The summed E-state index contributed by atoms with van der Waals surface area (Å²) in [5, 5.41) is 0. The molecular formula is C50H54F6IrN4. The summed E-state index contributed by atoms with van der Waals surface area (Å²) in [7, 11) is 0. The molecule has 0 saturated carbocycles. The van der Waals surface area contributed by atoms with Gasteiger partial charge in [0.25, 0.3) is 0 Å². The van der Waals surface area contributed by atoms with Crippen LogP contribution in [0.1, 0.15) is 117 Å². The minimum Gasteiger partial charge on any atom is -0.256 e. The fraction of sp³-hybridized carbons (Fsp3) is 0.360. The Bertz CT molecular complexity index is 2130. The van der Waals surface area contributed by atoms with Crippen molar-refractivity contribution in [3.8, 4) is 11.4 Å². The molecule has 0 bridgehead atoms. The van der Waals surface area contributed by atoms with E-state index in [-0.39, 0.29) is 53.2 Å². The molecule has 0 unspecified atom stereocenters. The van der Waals surface area contributed by atoms with Crippen molar-refractivity contribution in [1.29, 1.82) is 0 Å². The molecule has 0 amide bonds. The van der Waals surface area contributed by atoms with Crippen LogP contribution in [0.2, 0.25) is 0 Å². The molecule has 325 valence electrons. The Hall–Kier alpha value is -4.65. The van der Waals surface area contributed by atoms with Crippen LogP contribution in [-0.4, -0.2) is 19.9 Å². The van der Waals surface area contributed by atoms with Crippen molar-refractivity contribution in [2.24, 2.45) is 10.8 Å². The van der Waals surface area contributed by atoms with Crippen LogP contribution >= 0.6 is 0 Å². The van der Waals surface area contributed by atoms with Crippen LogP contribution in [0.4, 0.5) is 26.3 Å². The third-order valence-corrected chi connectivity index (χ3v) is 9.61. The van der Waals surface area contributed by atoms with Crippen molar-refractivity contribution < 1.29 is 46.4 Å². The fourth-order valence-electron chi connectivity index (χ4n) is 5.62. The van der Waals surface area contributed by atoms with Crippen molar-refractivity contribution in [3.05, 3.63) is 167 Å². The minimum absolute atomic E-state index is 0. The molecule has 4 heterocycles. The molecule has 0 aliphatic heterocycles. The second-order valence-electron chi connectivity index (χ2n) is 18.7. The molecule has 0 N–H and O–H groups in total. The van der Waals surface area contributed by atoms with Gasteiger partial charge < -0.3 is 0 Å². The first kappa shape index (κ1) is 50.7. The van der Waals surface area contributed by atoms with E-state index in [0.29, 0.717) is 12.4 Å². The molecular weight excluding hydrogens is 963 g/mol. The van der Waals surface area contributed by atoms with Gasteiger partial charge in [0.05, 0.1) is 33.9 Å². The van der Waals surface area contributed by atoms with Gasteiger partial charge in [-0.05, 0) is 106 Å². The first-order valence-corrected chi connectivity index (χ1v) is 19.6. The van der Waals surface area contributed by atoms with E-state index in [2.05, 4.69) is 175 Å². The van der Waals surface area contributed by atoms with Crippen LogP contribution in [-0.2, 0) is 43.3 Å². The van der Waals surface area contributed by atoms with E-state index in [4.69, 9.17) is 0 Å². The molecule has 0 spiro atoms. The maximum absolute atomic E-state index is 12.3. The quantitative estimate of drug-likeness (QED) is 0.152. The van der Waals surface area contributed by atoms with Crippen LogP contribution in [0.15, 0.2) is 121 Å². The Labute approximate surface area is 371 Å². The monoisotopic (exact) mass is 1020 g/mol. The van der Waals surface area contributed by atoms with Crippen molar-refractivity contribution in [2.75, 3.05) is 0 Å². The van der Waals surface area contributed by atoms with Gasteiger partial charge in [-0.25, -0.2) is 0 Å². The first-order chi connectivity index (χ1) is 27.5. The van der Waals surface area contributed by atoms with Gasteiger partial charge in [0.1, 0.15) is 0 Å². The van der Waals surface area contributed by atoms with Crippen molar-refractivity contribution in [3.63, 3.8) is 0 Å². The van der Waals surface area contributed by atoms with Gasteiger partial charge in [-0.2, -0.15) is 26.3 Å². The molecule has 4 aromatic rings. The summed E-state index contributed by atoms with van der Waals surface area (Å²) in [5.41, 5.74) is 12.3. The van der Waals surface area contributed by atoms with Gasteiger partial charge in [-0.15, -0.1) is 11.5 Å². The Balaban J connectivity index is 0.000000242. The van der Waals surface area contributed by atoms with Crippen molar-refractivity contribution >= 4 is 11.1 Å². The minimum atomic E-state index is -4.51. The Morgan fingerprint density at radius 2 is 0.738 bits per heavy atom. The maximum Gasteiger partial charge on any atom is 0.417 e. The number of aromatic nitrogens is 4. The normalized spacial score (nSPS) is 14.9. The summed E-state index contributed by atoms with van der Waals surface area (Å²) in [5.74, 6) is 2.60. The molecule has 2 aliphatic rings. The summed E-state index contributed by atoms with van der Waals surface area (Å²) in [6.45, 7) is 26.6. The standard InChI is InChI=1S/2C19H24N.C12H6F6N2.Ir/c2*1-18(2,3)15-9-7-14(8-10-15)17-13-16(11-12-20-17)19(4,5)6;13-11(14,15)7-1-3-9(19-5-7)10-4-2-8(6-20-10)12(16,17)18;/h2*7,9-13H,1-6H3;1-6H;. The SMILES string of the molecule is CC(C)(C)[C]1C=C=C(c2cc(C(C)(C)C)ccn2)C=C1.CC(C)(C)[C]1C=C=C(c2cc(C(C)(C)C)ccn2)C=C1.FC(F)(F)c1ccc(-c2ccc(C(F)(F)F)cn2)nc1.[Ir]. The zero-order valence-electron chi connectivity index (χ0n) is 36.8. The molecule has 4 nitrogen and oxygen atoms in total. The molecule has 4 aromatic heterocycles. The van der Waals surface area contributed by atoms with Crippen molar-refractivity contribution in [1.82, 2.24) is 19.9 Å². The second-order valence-corrected chi connectivity index (χ2v) is 18.7. The zero-order valence-corrected chi connectivity index (χ0v) is 39.2. The Morgan fingerprint density at radius 1 is 0.393 bits per heavy atom. The van der Waals surface area contributed by atoms with Crippen LogP contribution in [0.5, 0.6) is 0 Å². The van der Waals surface area contributed by atoms with Crippen LogP contribution in [0, 0.1) is 22.7 Å².